The first-order chi connectivity index (χ1) is 14.7. The number of rotatable bonds is 4. The summed E-state index contributed by atoms with van der Waals surface area (Å²) < 4.78 is 41.3. The molecule has 1 fully saturated rings. The lowest BCUT2D eigenvalue weighted by Crippen LogP contribution is -2.50. The molecule has 1 saturated heterocycles. The molecule has 31 heavy (non-hydrogen) atoms. The van der Waals surface area contributed by atoms with Crippen molar-refractivity contribution in [3.05, 3.63) is 63.7 Å². The van der Waals surface area contributed by atoms with E-state index in [4.69, 9.17) is 11.6 Å². The number of halogens is 2. The lowest BCUT2D eigenvalue weighted by Gasteiger charge is -2.33. The Morgan fingerprint density at radius 3 is 2.45 bits per heavy atom. The van der Waals surface area contributed by atoms with Gasteiger partial charge in [-0.3, -0.25) is 9.59 Å². The minimum Gasteiger partial charge on any atom is -0.335 e. The zero-order valence-corrected chi connectivity index (χ0v) is 18.9. The van der Waals surface area contributed by atoms with Gasteiger partial charge in [0.2, 0.25) is 10.0 Å². The molecule has 0 atom stereocenters. The maximum absolute atomic E-state index is 13.5. The molecule has 0 aliphatic carbocycles. The van der Waals surface area contributed by atoms with Gasteiger partial charge < -0.3 is 4.90 Å². The molecule has 3 aromatic rings. The van der Waals surface area contributed by atoms with Gasteiger partial charge >= 0.3 is 0 Å². The molecule has 2 heterocycles. The van der Waals surface area contributed by atoms with E-state index in [1.807, 2.05) is 0 Å². The van der Waals surface area contributed by atoms with Gasteiger partial charge in [0.05, 0.1) is 9.92 Å². The highest BCUT2D eigenvalue weighted by atomic mass is 35.5. The number of piperazine rings is 1. The second-order valence-corrected chi connectivity index (χ2v) is 10.5. The van der Waals surface area contributed by atoms with E-state index in [2.05, 4.69) is 0 Å². The van der Waals surface area contributed by atoms with Crippen LogP contribution in [0.15, 0.2) is 47.4 Å². The zero-order valence-electron chi connectivity index (χ0n) is 16.5. The van der Waals surface area contributed by atoms with E-state index >= 15 is 0 Å². The summed E-state index contributed by atoms with van der Waals surface area (Å²) in [6, 6.07) is 10.1. The molecule has 1 aliphatic heterocycles. The third-order valence-corrected chi connectivity index (χ3v) is 8.73. The van der Waals surface area contributed by atoms with Crippen LogP contribution in [0.4, 0.5) is 4.39 Å². The number of carbonyl (C=O) groups is 2. The summed E-state index contributed by atoms with van der Waals surface area (Å²) >= 11 is 7.47. The number of Topliss-reactive ketones (excluding diaryl/α,β-unsaturated/α-hetero) is 1. The standard InChI is InChI=1S/C21H18ClFN2O4S2/c1-13(26)14-3-2-4-16(11-14)31(28,29)25-9-7-24(8-10-25)21(27)20-19(22)17-6-5-15(23)12-18(17)30-20/h2-6,11-12H,7-10H2,1H3. The molecule has 0 radical (unpaired) electrons. The molecule has 1 aliphatic rings. The number of ketones is 1. The molecule has 10 heteroatoms. The van der Waals surface area contributed by atoms with E-state index in [1.165, 1.54) is 41.6 Å². The summed E-state index contributed by atoms with van der Waals surface area (Å²) in [5, 5.41) is 0.893. The van der Waals surface area contributed by atoms with Crippen LogP contribution in [0.3, 0.4) is 0 Å². The van der Waals surface area contributed by atoms with Crippen molar-refractivity contribution in [2.45, 2.75) is 11.8 Å². The van der Waals surface area contributed by atoms with Gasteiger partial charge in [0.15, 0.2) is 5.78 Å². The largest absolute Gasteiger partial charge is 0.335 e. The van der Waals surface area contributed by atoms with Crippen LogP contribution in [0.1, 0.15) is 27.0 Å². The van der Waals surface area contributed by atoms with Crippen molar-refractivity contribution < 1.29 is 22.4 Å². The van der Waals surface area contributed by atoms with Gasteiger partial charge in [-0.05, 0) is 37.3 Å². The molecule has 4 rings (SSSR count). The summed E-state index contributed by atoms with van der Waals surface area (Å²) in [6.07, 6.45) is 0. The Morgan fingerprint density at radius 2 is 1.77 bits per heavy atom. The van der Waals surface area contributed by atoms with E-state index in [1.54, 1.807) is 17.0 Å². The second kappa shape index (κ2) is 8.31. The van der Waals surface area contributed by atoms with Crippen molar-refractivity contribution in [1.29, 1.82) is 0 Å². The summed E-state index contributed by atoms with van der Waals surface area (Å²) in [5.74, 6) is -0.924. The van der Waals surface area contributed by atoms with E-state index in [9.17, 15) is 22.4 Å². The predicted octanol–water partition coefficient (Wildman–Crippen LogP) is 4.04. The Bertz CT molecular complexity index is 1300. The van der Waals surface area contributed by atoms with Gasteiger partial charge in [-0.15, -0.1) is 11.3 Å². The van der Waals surface area contributed by atoms with Crippen LogP contribution in [-0.4, -0.2) is 55.5 Å². The maximum atomic E-state index is 13.5. The Labute approximate surface area is 187 Å². The minimum absolute atomic E-state index is 0.0505. The van der Waals surface area contributed by atoms with Crippen LogP contribution in [0.2, 0.25) is 5.02 Å². The van der Waals surface area contributed by atoms with Gasteiger partial charge in [-0.25, -0.2) is 12.8 Å². The Morgan fingerprint density at radius 1 is 1.06 bits per heavy atom. The average molecular weight is 481 g/mol. The van der Waals surface area contributed by atoms with Crippen LogP contribution in [-0.2, 0) is 10.0 Å². The Balaban J connectivity index is 1.51. The fourth-order valence-electron chi connectivity index (χ4n) is 3.48. The molecule has 0 N–H and O–H groups in total. The van der Waals surface area contributed by atoms with Gasteiger partial charge in [0.1, 0.15) is 10.7 Å². The topological polar surface area (TPSA) is 74.8 Å². The molecule has 1 aromatic heterocycles. The van der Waals surface area contributed by atoms with Crippen molar-refractivity contribution in [1.82, 2.24) is 9.21 Å². The quantitative estimate of drug-likeness (QED) is 0.528. The lowest BCUT2D eigenvalue weighted by atomic mass is 10.2. The van der Waals surface area contributed by atoms with Crippen LogP contribution in [0, 0.1) is 5.82 Å². The number of sulfonamides is 1. The summed E-state index contributed by atoms with van der Waals surface area (Å²) in [4.78, 5) is 26.5. The van der Waals surface area contributed by atoms with Crippen LogP contribution in [0.5, 0.6) is 0 Å². The van der Waals surface area contributed by atoms with E-state index in [-0.39, 0.29) is 47.8 Å². The average Bonchev–Trinajstić information content (AvgIpc) is 3.08. The molecule has 0 saturated carbocycles. The molecule has 0 unspecified atom stereocenters. The van der Waals surface area contributed by atoms with Crippen molar-refractivity contribution in [2.24, 2.45) is 0 Å². The number of amides is 1. The molecule has 2 aromatic carbocycles. The molecular formula is C21H18ClFN2O4S2. The van der Waals surface area contributed by atoms with E-state index in [0.717, 1.165) is 11.3 Å². The first-order valence-electron chi connectivity index (χ1n) is 9.46. The summed E-state index contributed by atoms with van der Waals surface area (Å²) in [6.45, 7) is 2.02. The van der Waals surface area contributed by atoms with Gasteiger partial charge in [-0.1, -0.05) is 23.7 Å². The fourth-order valence-corrected chi connectivity index (χ4v) is 6.45. The third kappa shape index (κ3) is 4.10. The molecule has 6 nitrogen and oxygen atoms in total. The SMILES string of the molecule is CC(=O)c1cccc(S(=O)(=O)N2CCN(C(=O)c3sc4cc(F)ccc4c3Cl)CC2)c1. The number of hydrogen-bond donors (Lipinski definition) is 0. The van der Waals surface area contributed by atoms with Crippen molar-refractivity contribution in [2.75, 3.05) is 26.2 Å². The van der Waals surface area contributed by atoms with Crippen molar-refractivity contribution >= 4 is 54.7 Å². The van der Waals surface area contributed by atoms with Crippen molar-refractivity contribution in [3.63, 3.8) is 0 Å². The molecule has 0 bridgehead atoms. The van der Waals surface area contributed by atoms with Gasteiger partial charge in [0, 0.05) is 41.8 Å². The first-order valence-corrected chi connectivity index (χ1v) is 12.1. The van der Waals surface area contributed by atoms with Crippen LogP contribution >= 0.6 is 22.9 Å². The van der Waals surface area contributed by atoms with Gasteiger partial charge in [0.25, 0.3) is 5.91 Å². The summed E-state index contributed by atoms with van der Waals surface area (Å²) in [7, 11) is -3.79. The molecule has 0 spiro atoms. The zero-order chi connectivity index (χ0) is 22.3. The number of fused-ring (bicyclic) bond motifs is 1. The Hall–Kier alpha value is -2.33. The lowest BCUT2D eigenvalue weighted by molar-refractivity contribution is 0.0703. The monoisotopic (exact) mass is 480 g/mol. The molecule has 1 amide bonds. The third-order valence-electron chi connectivity index (χ3n) is 5.19. The van der Waals surface area contributed by atoms with E-state index < -0.39 is 15.8 Å². The molecular weight excluding hydrogens is 463 g/mol. The summed E-state index contributed by atoms with van der Waals surface area (Å²) in [5.41, 5.74) is 0.325. The smallest absolute Gasteiger partial charge is 0.265 e. The van der Waals surface area contributed by atoms with E-state index in [0.29, 0.717) is 20.5 Å². The molecule has 162 valence electrons. The highest BCUT2D eigenvalue weighted by molar-refractivity contribution is 7.89. The number of hydrogen-bond acceptors (Lipinski definition) is 5. The highest BCUT2D eigenvalue weighted by Gasteiger charge is 2.32. The van der Waals surface area contributed by atoms with Gasteiger partial charge in [-0.2, -0.15) is 4.31 Å². The fraction of sp³-hybridized carbons (Fsp3) is 0.238. The first kappa shape index (κ1) is 21.9. The Kier molecular flexibility index (Phi) is 5.87. The minimum atomic E-state index is -3.79. The number of carbonyl (C=O) groups excluding carboxylic acids is 2. The van der Waals surface area contributed by atoms with Crippen LogP contribution < -0.4 is 0 Å². The maximum Gasteiger partial charge on any atom is 0.265 e. The number of nitrogens with zero attached hydrogens (tertiary/aromatic N) is 2. The van der Waals surface area contributed by atoms with Crippen molar-refractivity contribution in [3.8, 4) is 0 Å². The normalized spacial score (nSPS) is 15.4. The predicted molar refractivity (Wildman–Crippen MR) is 118 cm³/mol. The highest BCUT2D eigenvalue weighted by Crippen LogP contribution is 2.36. The number of thiophene rings is 1. The number of benzene rings is 2. The van der Waals surface area contributed by atoms with Crippen LogP contribution in [0.25, 0.3) is 10.1 Å². The second-order valence-electron chi connectivity index (χ2n) is 7.17.